The lowest BCUT2D eigenvalue weighted by Crippen LogP contribution is -2.31. The van der Waals surface area contributed by atoms with E-state index in [4.69, 9.17) is 4.52 Å². The first-order valence-electron chi connectivity index (χ1n) is 8.36. The first kappa shape index (κ1) is 17.9. The second kappa shape index (κ2) is 6.78. The monoisotopic (exact) mass is 357 g/mol. The summed E-state index contributed by atoms with van der Waals surface area (Å²) in [7, 11) is 1.95. The van der Waals surface area contributed by atoms with Gasteiger partial charge in [-0.05, 0) is 19.4 Å². The van der Waals surface area contributed by atoms with Crippen LogP contribution in [0.25, 0.3) is 0 Å². The number of hydrogen-bond donors (Lipinski definition) is 0. The average Bonchev–Trinajstić information content (AvgIpc) is 3.12. The van der Waals surface area contributed by atoms with Gasteiger partial charge in [-0.2, -0.15) is 18.2 Å². The third-order valence-corrected chi connectivity index (χ3v) is 4.34. The van der Waals surface area contributed by atoms with Gasteiger partial charge in [0.15, 0.2) is 11.5 Å². The van der Waals surface area contributed by atoms with Crippen molar-refractivity contribution in [1.29, 1.82) is 0 Å². The van der Waals surface area contributed by atoms with Gasteiger partial charge < -0.3 is 9.09 Å². The van der Waals surface area contributed by atoms with Gasteiger partial charge >= 0.3 is 6.18 Å². The number of rotatable bonds is 5. The van der Waals surface area contributed by atoms with Crippen LogP contribution in [0.15, 0.2) is 10.7 Å². The Labute approximate surface area is 144 Å². The van der Waals surface area contributed by atoms with E-state index in [-0.39, 0.29) is 11.8 Å². The second-order valence-corrected chi connectivity index (χ2v) is 7.00. The summed E-state index contributed by atoms with van der Waals surface area (Å²) < 4.78 is 45.2. The van der Waals surface area contributed by atoms with Gasteiger partial charge in [-0.15, -0.1) is 0 Å². The molecule has 2 aromatic heterocycles. The van der Waals surface area contributed by atoms with E-state index in [0.29, 0.717) is 37.0 Å². The molecule has 1 unspecified atom stereocenters. The lowest BCUT2D eigenvalue weighted by Gasteiger charge is -2.27. The number of hydrogen-bond acceptors (Lipinski definition) is 5. The van der Waals surface area contributed by atoms with Crippen molar-refractivity contribution in [3.8, 4) is 0 Å². The first-order valence-corrected chi connectivity index (χ1v) is 8.36. The number of aryl methyl sites for hydroxylation is 1. The maximum absolute atomic E-state index is 12.8. The molecule has 0 saturated carbocycles. The molecule has 3 rings (SSSR count). The van der Waals surface area contributed by atoms with E-state index >= 15 is 0 Å². The van der Waals surface area contributed by atoms with Crippen LogP contribution >= 0.6 is 0 Å². The van der Waals surface area contributed by atoms with E-state index < -0.39 is 11.9 Å². The van der Waals surface area contributed by atoms with Crippen LogP contribution in [0.2, 0.25) is 0 Å². The van der Waals surface area contributed by atoms with Crippen molar-refractivity contribution in [2.45, 2.75) is 51.9 Å². The van der Waals surface area contributed by atoms with Gasteiger partial charge in [0.1, 0.15) is 5.82 Å². The Balaban J connectivity index is 1.57. The number of nitrogens with zero attached hydrogens (tertiary/aromatic N) is 5. The van der Waals surface area contributed by atoms with Crippen LogP contribution in [0.1, 0.15) is 49.4 Å². The Morgan fingerprint density at radius 1 is 1.36 bits per heavy atom. The molecule has 2 aromatic rings. The fourth-order valence-electron chi connectivity index (χ4n) is 3.11. The van der Waals surface area contributed by atoms with E-state index in [1.54, 1.807) is 4.57 Å². The topological polar surface area (TPSA) is 60.0 Å². The summed E-state index contributed by atoms with van der Waals surface area (Å²) in [6.07, 6.45) is -1.88. The number of alkyl halides is 3. The predicted octanol–water partition coefficient (Wildman–Crippen LogP) is 3.10. The zero-order valence-electron chi connectivity index (χ0n) is 14.5. The molecule has 9 heteroatoms. The molecular weight excluding hydrogens is 335 g/mol. The maximum atomic E-state index is 12.8. The fraction of sp³-hybridized carbons (Fsp3) is 0.688. The van der Waals surface area contributed by atoms with Crippen molar-refractivity contribution in [2.24, 2.45) is 5.92 Å². The van der Waals surface area contributed by atoms with Crippen molar-refractivity contribution in [3.63, 3.8) is 0 Å². The summed E-state index contributed by atoms with van der Waals surface area (Å²) in [4.78, 5) is 10.1. The van der Waals surface area contributed by atoms with Crippen molar-refractivity contribution < 1.29 is 17.7 Å². The SMILES string of the molecule is CC(C)c1nc(CN(C)CC2CCc3nc(C(F)(F)F)cn3C2)no1. The smallest absolute Gasteiger partial charge is 0.339 e. The van der Waals surface area contributed by atoms with Crippen LogP contribution in [-0.2, 0) is 25.7 Å². The standard InChI is InChI=1S/C16H22F3N5O/c1-10(2)15-21-13(22-25-15)9-23(3)6-11-4-5-14-20-12(16(17,18)19)8-24(14)7-11/h8,10-11H,4-7,9H2,1-3H3. The van der Waals surface area contributed by atoms with Gasteiger partial charge in [0.25, 0.3) is 0 Å². The Bertz CT molecular complexity index is 722. The van der Waals surface area contributed by atoms with Gasteiger partial charge in [0.05, 0.1) is 6.54 Å². The predicted molar refractivity (Wildman–Crippen MR) is 83.8 cm³/mol. The molecule has 0 radical (unpaired) electrons. The quantitative estimate of drug-likeness (QED) is 0.823. The number of aromatic nitrogens is 4. The minimum atomic E-state index is -4.39. The van der Waals surface area contributed by atoms with Crippen LogP contribution in [-0.4, -0.2) is 38.2 Å². The Kier molecular flexibility index (Phi) is 4.86. The van der Waals surface area contributed by atoms with Gasteiger partial charge in [-0.1, -0.05) is 19.0 Å². The van der Waals surface area contributed by atoms with Crippen molar-refractivity contribution in [2.75, 3.05) is 13.6 Å². The molecule has 0 aliphatic carbocycles. The molecular formula is C16H22F3N5O. The van der Waals surface area contributed by atoms with Gasteiger partial charge in [0.2, 0.25) is 5.89 Å². The summed E-state index contributed by atoms with van der Waals surface area (Å²) in [5.41, 5.74) is -0.801. The van der Waals surface area contributed by atoms with Crippen LogP contribution in [0.5, 0.6) is 0 Å². The van der Waals surface area contributed by atoms with E-state index in [1.165, 1.54) is 0 Å². The van der Waals surface area contributed by atoms with Crippen molar-refractivity contribution in [1.82, 2.24) is 24.6 Å². The second-order valence-electron chi connectivity index (χ2n) is 7.00. The number of halogens is 3. The van der Waals surface area contributed by atoms with Crippen LogP contribution < -0.4 is 0 Å². The largest absolute Gasteiger partial charge is 0.434 e. The lowest BCUT2D eigenvalue weighted by atomic mass is 9.99. The molecule has 1 atom stereocenters. The zero-order chi connectivity index (χ0) is 18.2. The highest BCUT2D eigenvalue weighted by Gasteiger charge is 2.35. The molecule has 1 aliphatic heterocycles. The minimum Gasteiger partial charge on any atom is -0.339 e. The summed E-state index contributed by atoms with van der Waals surface area (Å²) in [6.45, 7) is 5.83. The summed E-state index contributed by atoms with van der Waals surface area (Å²) in [6, 6.07) is 0. The van der Waals surface area contributed by atoms with Crippen molar-refractivity contribution in [3.05, 3.63) is 29.4 Å². The molecule has 3 heterocycles. The van der Waals surface area contributed by atoms with Gasteiger partial charge in [-0.25, -0.2) is 4.98 Å². The molecule has 0 fully saturated rings. The Morgan fingerprint density at radius 2 is 2.12 bits per heavy atom. The van der Waals surface area contributed by atoms with Gasteiger partial charge in [0, 0.05) is 31.6 Å². The molecule has 0 N–H and O–H groups in total. The Morgan fingerprint density at radius 3 is 2.76 bits per heavy atom. The van der Waals surface area contributed by atoms with E-state index in [0.717, 1.165) is 19.2 Å². The van der Waals surface area contributed by atoms with Crippen LogP contribution in [0, 0.1) is 5.92 Å². The highest BCUT2D eigenvalue weighted by Crippen LogP contribution is 2.30. The fourth-order valence-corrected chi connectivity index (χ4v) is 3.11. The number of imidazole rings is 1. The van der Waals surface area contributed by atoms with Gasteiger partial charge in [-0.3, -0.25) is 4.90 Å². The molecule has 1 aliphatic rings. The highest BCUT2D eigenvalue weighted by molar-refractivity contribution is 5.10. The lowest BCUT2D eigenvalue weighted by molar-refractivity contribution is -0.141. The van der Waals surface area contributed by atoms with E-state index in [1.807, 2.05) is 20.9 Å². The molecule has 138 valence electrons. The normalized spacial score (nSPS) is 18.2. The third-order valence-electron chi connectivity index (χ3n) is 4.34. The molecule has 0 saturated heterocycles. The molecule has 0 bridgehead atoms. The molecule has 0 aromatic carbocycles. The molecule has 0 spiro atoms. The molecule has 6 nitrogen and oxygen atoms in total. The van der Waals surface area contributed by atoms with Crippen molar-refractivity contribution >= 4 is 0 Å². The third kappa shape index (κ3) is 4.20. The maximum Gasteiger partial charge on any atom is 0.434 e. The summed E-state index contributed by atoms with van der Waals surface area (Å²) in [5, 5.41) is 3.97. The summed E-state index contributed by atoms with van der Waals surface area (Å²) >= 11 is 0. The van der Waals surface area contributed by atoms with Crippen LogP contribution in [0.3, 0.4) is 0 Å². The minimum absolute atomic E-state index is 0.187. The van der Waals surface area contributed by atoms with E-state index in [9.17, 15) is 13.2 Å². The zero-order valence-corrected chi connectivity index (χ0v) is 14.5. The summed E-state index contributed by atoms with van der Waals surface area (Å²) in [5.74, 6) is 2.22. The van der Waals surface area contributed by atoms with Crippen LogP contribution in [0.4, 0.5) is 13.2 Å². The number of fused-ring (bicyclic) bond motifs is 1. The molecule has 25 heavy (non-hydrogen) atoms. The average molecular weight is 357 g/mol. The van der Waals surface area contributed by atoms with E-state index in [2.05, 4.69) is 20.0 Å². The first-order chi connectivity index (χ1) is 11.7. The Hall–Kier alpha value is -1.90. The molecule has 0 amide bonds. The highest BCUT2D eigenvalue weighted by atomic mass is 19.4.